The first-order valence-corrected chi connectivity index (χ1v) is 3.49. The zero-order valence-electron chi connectivity index (χ0n) is 7.01. The molecule has 0 unspecified atom stereocenters. The monoisotopic (exact) mass is 152 g/mol. The number of methoxy groups -OCH3 is 1. The zero-order valence-corrected chi connectivity index (χ0v) is 7.01. The van der Waals surface area contributed by atoms with E-state index < -0.39 is 0 Å². The zero-order chi connectivity index (χ0) is 8.43. The van der Waals surface area contributed by atoms with Gasteiger partial charge in [0.05, 0.1) is 7.11 Å². The van der Waals surface area contributed by atoms with Gasteiger partial charge in [-0.3, -0.25) is 0 Å². The smallest absolute Gasteiger partial charge is 0.124 e. The molecule has 0 atom stereocenters. The molecule has 0 amide bonds. The summed E-state index contributed by atoms with van der Waals surface area (Å²) in [6.45, 7) is 3.82. The van der Waals surface area contributed by atoms with Crippen LogP contribution in [-0.4, -0.2) is 12.2 Å². The van der Waals surface area contributed by atoms with Crippen molar-refractivity contribution >= 4 is 0 Å². The first-order chi connectivity index (χ1) is 5.15. The van der Waals surface area contributed by atoms with Crippen LogP contribution in [0.5, 0.6) is 11.5 Å². The maximum absolute atomic E-state index is 9.16. The van der Waals surface area contributed by atoms with Crippen molar-refractivity contribution in [2.24, 2.45) is 0 Å². The van der Waals surface area contributed by atoms with E-state index in [-0.39, 0.29) is 0 Å². The second-order valence-corrected chi connectivity index (χ2v) is 2.61. The molecule has 1 N–H and O–H groups in total. The lowest BCUT2D eigenvalue weighted by Gasteiger charge is -2.07. The standard InChI is InChI=1S/C9H12O2/c1-6-4-8(10)5-7(2)9(6)11-3/h4-5,10H,1-3H3. The maximum Gasteiger partial charge on any atom is 0.124 e. The van der Waals surface area contributed by atoms with Crippen molar-refractivity contribution in [2.75, 3.05) is 7.11 Å². The highest BCUT2D eigenvalue weighted by Gasteiger charge is 2.02. The molecule has 1 aromatic carbocycles. The number of ether oxygens (including phenoxy) is 1. The lowest BCUT2D eigenvalue weighted by atomic mass is 10.1. The molecule has 0 heterocycles. The Morgan fingerprint density at radius 1 is 1.18 bits per heavy atom. The molecule has 0 fully saturated rings. The number of phenols is 1. The lowest BCUT2D eigenvalue weighted by molar-refractivity contribution is 0.405. The third-order valence-electron chi connectivity index (χ3n) is 1.65. The van der Waals surface area contributed by atoms with E-state index in [4.69, 9.17) is 9.84 Å². The van der Waals surface area contributed by atoms with Gasteiger partial charge in [0, 0.05) is 0 Å². The fraction of sp³-hybridized carbons (Fsp3) is 0.333. The Labute approximate surface area is 66.4 Å². The van der Waals surface area contributed by atoms with Gasteiger partial charge in [0.2, 0.25) is 0 Å². The largest absolute Gasteiger partial charge is 0.508 e. The van der Waals surface area contributed by atoms with Gasteiger partial charge in [-0.1, -0.05) is 0 Å². The molecule has 0 aliphatic heterocycles. The molecule has 1 aromatic rings. The van der Waals surface area contributed by atoms with Crippen molar-refractivity contribution in [1.29, 1.82) is 0 Å². The van der Waals surface area contributed by atoms with Gasteiger partial charge in [0.1, 0.15) is 11.5 Å². The van der Waals surface area contributed by atoms with Crippen molar-refractivity contribution in [2.45, 2.75) is 13.8 Å². The fourth-order valence-corrected chi connectivity index (χ4v) is 1.25. The molecule has 0 saturated carbocycles. The molecular formula is C9H12O2. The highest BCUT2D eigenvalue weighted by molar-refractivity contribution is 5.45. The average molecular weight is 152 g/mol. The molecule has 1 rings (SSSR count). The van der Waals surface area contributed by atoms with Crippen LogP contribution in [0.2, 0.25) is 0 Å². The molecule has 2 nitrogen and oxygen atoms in total. The Morgan fingerprint density at radius 3 is 2.00 bits per heavy atom. The van der Waals surface area contributed by atoms with E-state index in [1.807, 2.05) is 13.8 Å². The minimum Gasteiger partial charge on any atom is -0.508 e. The van der Waals surface area contributed by atoms with Crippen molar-refractivity contribution < 1.29 is 9.84 Å². The molecule has 11 heavy (non-hydrogen) atoms. The predicted molar refractivity (Wildman–Crippen MR) is 44.1 cm³/mol. The summed E-state index contributed by atoms with van der Waals surface area (Å²) in [6, 6.07) is 3.37. The number of rotatable bonds is 1. The number of aryl methyl sites for hydroxylation is 2. The molecule has 0 aliphatic rings. The van der Waals surface area contributed by atoms with Crippen LogP contribution in [0.4, 0.5) is 0 Å². The Kier molecular flexibility index (Phi) is 2.03. The first-order valence-electron chi connectivity index (χ1n) is 3.49. The van der Waals surface area contributed by atoms with Gasteiger partial charge >= 0.3 is 0 Å². The molecule has 0 aromatic heterocycles. The Balaban J connectivity index is 3.25. The third kappa shape index (κ3) is 1.45. The fourth-order valence-electron chi connectivity index (χ4n) is 1.25. The Morgan fingerprint density at radius 2 is 1.64 bits per heavy atom. The highest BCUT2D eigenvalue weighted by atomic mass is 16.5. The molecule has 60 valence electrons. The summed E-state index contributed by atoms with van der Waals surface area (Å²) in [5.74, 6) is 1.14. The summed E-state index contributed by atoms with van der Waals surface area (Å²) in [5.41, 5.74) is 1.93. The summed E-state index contributed by atoms with van der Waals surface area (Å²) in [7, 11) is 1.63. The summed E-state index contributed by atoms with van der Waals surface area (Å²) < 4.78 is 5.12. The number of aromatic hydroxyl groups is 1. The summed E-state index contributed by atoms with van der Waals surface area (Å²) >= 11 is 0. The number of phenolic OH excluding ortho intramolecular Hbond substituents is 1. The van der Waals surface area contributed by atoms with E-state index in [9.17, 15) is 0 Å². The minimum atomic E-state index is 0.292. The molecule has 0 spiro atoms. The van der Waals surface area contributed by atoms with Gasteiger partial charge in [-0.05, 0) is 37.1 Å². The molecule has 0 radical (unpaired) electrons. The number of hydrogen-bond donors (Lipinski definition) is 1. The van der Waals surface area contributed by atoms with Crippen LogP contribution in [0.15, 0.2) is 12.1 Å². The topological polar surface area (TPSA) is 29.5 Å². The van der Waals surface area contributed by atoms with E-state index in [0.717, 1.165) is 16.9 Å². The van der Waals surface area contributed by atoms with Gasteiger partial charge in [-0.15, -0.1) is 0 Å². The van der Waals surface area contributed by atoms with E-state index in [2.05, 4.69) is 0 Å². The van der Waals surface area contributed by atoms with Crippen LogP contribution < -0.4 is 4.74 Å². The van der Waals surface area contributed by atoms with Gasteiger partial charge in [0.15, 0.2) is 0 Å². The molecule has 0 saturated heterocycles. The van der Waals surface area contributed by atoms with Gasteiger partial charge in [-0.2, -0.15) is 0 Å². The van der Waals surface area contributed by atoms with E-state index in [1.54, 1.807) is 19.2 Å². The number of hydrogen-bond acceptors (Lipinski definition) is 2. The van der Waals surface area contributed by atoms with Crippen molar-refractivity contribution in [3.05, 3.63) is 23.3 Å². The van der Waals surface area contributed by atoms with Crippen LogP contribution in [0.25, 0.3) is 0 Å². The summed E-state index contributed by atoms with van der Waals surface area (Å²) in [6.07, 6.45) is 0. The van der Waals surface area contributed by atoms with Crippen LogP contribution >= 0.6 is 0 Å². The quantitative estimate of drug-likeness (QED) is 0.667. The normalized spacial score (nSPS) is 9.73. The Bertz CT molecular complexity index is 243. The molecule has 0 bridgehead atoms. The predicted octanol–water partition coefficient (Wildman–Crippen LogP) is 2.02. The second kappa shape index (κ2) is 2.82. The highest BCUT2D eigenvalue weighted by Crippen LogP contribution is 2.26. The van der Waals surface area contributed by atoms with Crippen LogP contribution in [0.1, 0.15) is 11.1 Å². The van der Waals surface area contributed by atoms with E-state index in [1.165, 1.54) is 0 Å². The average Bonchev–Trinajstić information content (AvgIpc) is 1.85. The summed E-state index contributed by atoms with van der Waals surface area (Å²) in [4.78, 5) is 0. The van der Waals surface area contributed by atoms with Crippen LogP contribution in [-0.2, 0) is 0 Å². The number of benzene rings is 1. The SMILES string of the molecule is COc1c(C)cc(O)cc1C. The third-order valence-corrected chi connectivity index (χ3v) is 1.65. The van der Waals surface area contributed by atoms with Crippen molar-refractivity contribution in [3.63, 3.8) is 0 Å². The first kappa shape index (κ1) is 7.92. The van der Waals surface area contributed by atoms with Crippen molar-refractivity contribution in [3.8, 4) is 11.5 Å². The van der Waals surface area contributed by atoms with Gasteiger partial charge in [-0.25, -0.2) is 0 Å². The molecular weight excluding hydrogens is 140 g/mol. The van der Waals surface area contributed by atoms with Gasteiger partial charge in [0.25, 0.3) is 0 Å². The second-order valence-electron chi connectivity index (χ2n) is 2.61. The van der Waals surface area contributed by atoms with E-state index >= 15 is 0 Å². The minimum absolute atomic E-state index is 0.292. The summed E-state index contributed by atoms with van der Waals surface area (Å²) in [5, 5.41) is 9.16. The van der Waals surface area contributed by atoms with Crippen LogP contribution in [0, 0.1) is 13.8 Å². The van der Waals surface area contributed by atoms with Crippen molar-refractivity contribution in [1.82, 2.24) is 0 Å². The maximum atomic E-state index is 9.16. The molecule has 2 heteroatoms. The van der Waals surface area contributed by atoms with Crippen LogP contribution in [0.3, 0.4) is 0 Å². The van der Waals surface area contributed by atoms with E-state index in [0.29, 0.717) is 5.75 Å². The van der Waals surface area contributed by atoms with Gasteiger partial charge < -0.3 is 9.84 Å². The molecule has 0 aliphatic carbocycles. The lowest BCUT2D eigenvalue weighted by Crippen LogP contribution is -1.89. The Hall–Kier alpha value is -1.18.